The molecule has 0 heterocycles. The van der Waals surface area contributed by atoms with Gasteiger partial charge in [-0.05, 0) is 24.7 Å². The topological polar surface area (TPSA) is 21.3 Å². The molecule has 0 saturated carbocycles. The standard InChI is InChI=1S/C9H12ClNO.ClH/c1-11-6-7-3-4-9(12-2)8(10)5-7;/h3-5,11H,6H2,1-2H3;1H. The normalized spacial score (nSPS) is 9.15. The monoisotopic (exact) mass is 221 g/mol. The van der Waals surface area contributed by atoms with Gasteiger partial charge in [0.1, 0.15) is 5.75 Å². The summed E-state index contributed by atoms with van der Waals surface area (Å²) in [6, 6.07) is 5.76. The van der Waals surface area contributed by atoms with Crippen LogP contribution in [0.15, 0.2) is 18.2 Å². The first kappa shape index (κ1) is 12.6. The average molecular weight is 222 g/mol. The Labute approximate surface area is 89.6 Å². The van der Waals surface area contributed by atoms with E-state index < -0.39 is 0 Å². The lowest BCUT2D eigenvalue weighted by Gasteiger charge is -2.04. The molecule has 0 aromatic heterocycles. The van der Waals surface area contributed by atoms with E-state index in [2.05, 4.69) is 5.32 Å². The Balaban J connectivity index is 0.00000144. The lowest BCUT2D eigenvalue weighted by molar-refractivity contribution is 0.415. The summed E-state index contributed by atoms with van der Waals surface area (Å²) < 4.78 is 5.03. The maximum Gasteiger partial charge on any atom is 0.137 e. The van der Waals surface area contributed by atoms with Crippen LogP contribution < -0.4 is 10.1 Å². The van der Waals surface area contributed by atoms with Gasteiger partial charge in [-0.25, -0.2) is 0 Å². The van der Waals surface area contributed by atoms with Gasteiger partial charge >= 0.3 is 0 Å². The van der Waals surface area contributed by atoms with Gasteiger partial charge in [0.15, 0.2) is 0 Å². The second-order valence-corrected chi connectivity index (χ2v) is 2.91. The zero-order valence-electron chi connectivity index (χ0n) is 7.63. The van der Waals surface area contributed by atoms with E-state index in [1.54, 1.807) is 7.11 Å². The highest BCUT2D eigenvalue weighted by Gasteiger charge is 1.99. The van der Waals surface area contributed by atoms with Gasteiger partial charge in [-0.15, -0.1) is 12.4 Å². The van der Waals surface area contributed by atoms with E-state index in [0.717, 1.165) is 17.9 Å². The Hall–Kier alpha value is -0.440. The highest BCUT2D eigenvalue weighted by Crippen LogP contribution is 2.24. The third-order valence-electron chi connectivity index (χ3n) is 1.60. The van der Waals surface area contributed by atoms with E-state index in [1.165, 1.54) is 0 Å². The lowest BCUT2D eigenvalue weighted by atomic mass is 10.2. The van der Waals surface area contributed by atoms with Crippen LogP contribution in [0.1, 0.15) is 5.56 Å². The summed E-state index contributed by atoms with van der Waals surface area (Å²) in [4.78, 5) is 0. The van der Waals surface area contributed by atoms with Crippen molar-refractivity contribution in [2.24, 2.45) is 0 Å². The molecular formula is C9H13Cl2NO. The van der Waals surface area contributed by atoms with Crippen molar-refractivity contribution in [3.63, 3.8) is 0 Å². The van der Waals surface area contributed by atoms with Gasteiger partial charge in [-0.2, -0.15) is 0 Å². The Morgan fingerprint density at radius 2 is 2.15 bits per heavy atom. The third kappa shape index (κ3) is 3.43. The minimum Gasteiger partial charge on any atom is -0.495 e. The van der Waals surface area contributed by atoms with Crippen molar-refractivity contribution in [3.05, 3.63) is 28.8 Å². The molecule has 0 aliphatic rings. The molecule has 0 aliphatic carbocycles. The largest absolute Gasteiger partial charge is 0.495 e. The van der Waals surface area contributed by atoms with Gasteiger partial charge in [0.25, 0.3) is 0 Å². The van der Waals surface area contributed by atoms with Crippen molar-refractivity contribution < 1.29 is 4.74 Å². The van der Waals surface area contributed by atoms with Crippen LogP contribution in [-0.2, 0) is 6.54 Å². The number of hydrogen-bond donors (Lipinski definition) is 1. The van der Waals surface area contributed by atoms with E-state index in [1.807, 2.05) is 25.2 Å². The number of halogens is 2. The molecule has 0 fully saturated rings. The molecule has 0 aliphatic heterocycles. The van der Waals surface area contributed by atoms with Crippen molar-refractivity contribution in [1.82, 2.24) is 5.32 Å². The van der Waals surface area contributed by atoms with Crippen molar-refractivity contribution in [2.45, 2.75) is 6.54 Å². The van der Waals surface area contributed by atoms with Gasteiger partial charge in [-0.3, -0.25) is 0 Å². The molecule has 1 rings (SSSR count). The second-order valence-electron chi connectivity index (χ2n) is 2.50. The maximum atomic E-state index is 5.91. The summed E-state index contributed by atoms with van der Waals surface area (Å²) in [5, 5.41) is 3.71. The van der Waals surface area contributed by atoms with Crippen LogP contribution in [0.4, 0.5) is 0 Å². The van der Waals surface area contributed by atoms with Gasteiger partial charge in [0.2, 0.25) is 0 Å². The highest BCUT2D eigenvalue weighted by atomic mass is 35.5. The summed E-state index contributed by atoms with van der Waals surface area (Å²) in [5.74, 6) is 0.719. The molecule has 1 aromatic carbocycles. The fraction of sp³-hybridized carbons (Fsp3) is 0.333. The highest BCUT2D eigenvalue weighted by molar-refractivity contribution is 6.32. The third-order valence-corrected chi connectivity index (χ3v) is 1.89. The summed E-state index contributed by atoms with van der Waals surface area (Å²) >= 11 is 5.91. The first-order chi connectivity index (χ1) is 5.77. The number of nitrogens with one attached hydrogen (secondary N) is 1. The first-order valence-corrected chi connectivity index (χ1v) is 4.12. The quantitative estimate of drug-likeness (QED) is 0.848. The first-order valence-electron chi connectivity index (χ1n) is 3.75. The van der Waals surface area contributed by atoms with Crippen molar-refractivity contribution in [1.29, 1.82) is 0 Å². The fourth-order valence-electron chi connectivity index (χ4n) is 1.02. The van der Waals surface area contributed by atoms with Crippen LogP contribution in [0, 0.1) is 0 Å². The number of rotatable bonds is 3. The lowest BCUT2D eigenvalue weighted by Crippen LogP contribution is -2.04. The molecule has 0 spiro atoms. The minimum atomic E-state index is 0. The zero-order valence-corrected chi connectivity index (χ0v) is 9.21. The van der Waals surface area contributed by atoms with E-state index in [9.17, 15) is 0 Å². The molecule has 0 bridgehead atoms. The predicted octanol–water partition coefficient (Wildman–Crippen LogP) is 2.49. The SMILES string of the molecule is CNCc1ccc(OC)c(Cl)c1.Cl. The summed E-state index contributed by atoms with van der Waals surface area (Å²) in [7, 11) is 3.51. The van der Waals surface area contributed by atoms with E-state index in [0.29, 0.717) is 5.02 Å². The van der Waals surface area contributed by atoms with Gasteiger partial charge in [0, 0.05) is 6.54 Å². The second kappa shape index (κ2) is 6.08. The van der Waals surface area contributed by atoms with Crippen LogP contribution in [0.25, 0.3) is 0 Å². The Kier molecular flexibility index (Phi) is 5.88. The predicted molar refractivity (Wildman–Crippen MR) is 58.0 cm³/mol. The van der Waals surface area contributed by atoms with Crippen LogP contribution in [0.5, 0.6) is 5.75 Å². The maximum absolute atomic E-state index is 5.91. The molecule has 0 radical (unpaired) electrons. The molecule has 0 atom stereocenters. The molecule has 0 amide bonds. The Bertz CT molecular complexity index is 266. The van der Waals surface area contributed by atoms with Crippen molar-refractivity contribution in [3.8, 4) is 5.75 Å². The number of benzene rings is 1. The molecule has 1 N–H and O–H groups in total. The zero-order chi connectivity index (χ0) is 8.97. The van der Waals surface area contributed by atoms with Crippen molar-refractivity contribution in [2.75, 3.05) is 14.2 Å². The molecule has 13 heavy (non-hydrogen) atoms. The molecule has 2 nitrogen and oxygen atoms in total. The van der Waals surface area contributed by atoms with Crippen LogP contribution >= 0.6 is 24.0 Å². The molecule has 1 aromatic rings. The van der Waals surface area contributed by atoms with E-state index in [-0.39, 0.29) is 12.4 Å². The number of ether oxygens (including phenoxy) is 1. The minimum absolute atomic E-state index is 0. The van der Waals surface area contributed by atoms with Gasteiger partial charge < -0.3 is 10.1 Å². The van der Waals surface area contributed by atoms with Gasteiger partial charge in [-0.1, -0.05) is 17.7 Å². The number of hydrogen-bond acceptors (Lipinski definition) is 2. The fourth-order valence-corrected chi connectivity index (χ4v) is 1.30. The Morgan fingerprint density at radius 1 is 1.46 bits per heavy atom. The van der Waals surface area contributed by atoms with Crippen LogP contribution in [-0.4, -0.2) is 14.2 Å². The average Bonchev–Trinajstić information content (AvgIpc) is 2.05. The summed E-state index contributed by atoms with van der Waals surface area (Å²) in [5.41, 5.74) is 1.16. The molecule has 4 heteroatoms. The molecular weight excluding hydrogens is 209 g/mol. The van der Waals surface area contributed by atoms with E-state index in [4.69, 9.17) is 16.3 Å². The van der Waals surface area contributed by atoms with Crippen molar-refractivity contribution >= 4 is 24.0 Å². The van der Waals surface area contributed by atoms with Gasteiger partial charge in [0.05, 0.1) is 12.1 Å². The van der Waals surface area contributed by atoms with E-state index >= 15 is 0 Å². The molecule has 74 valence electrons. The Morgan fingerprint density at radius 3 is 2.62 bits per heavy atom. The van der Waals surface area contributed by atoms with Crippen LogP contribution in [0.3, 0.4) is 0 Å². The molecule has 0 saturated heterocycles. The summed E-state index contributed by atoms with van der Waals surface area (Å²) in [6.45, 7) is 0.823. The number of methoxy groups -OCH3 is 1. The smallest absolute Gasteiger partial charge is 0.137 e. The van der Waals surface area contributed by atoms with Crippen LogP contribution in [0.2, 0.25) is 5.02 Å². The molecule has 0 unspecified atom stereocenters. The summed E-state index contributed by atoms with van der Waals surface area (Å²) in [6.07, 6.45) is 0.